The summed E-state index contributed by atoms with van der Waals surface area (Å²) < 4.78 is 0. The largest absolute Gasteiger partial charge is 0.464 e. The average molecular weight is 467 g/mol. The third-order valence-electron chi connectivity index (χ3n) is 7.89. The van der Waals surface area contributed by atoms with Crippen molar-refractivity contribution in [2.24, 2.45) is 0 Å². The number of H-pyrrole nitrogens is 1. The van der Waals surface area contributed by atoms with Crippen LogP contribution in [0.2, 0.25) is 0 Å². The summed E-state index contributed by atoms with van der Waals surface area (Å²) in [6.45, 7) is 3.66. The van der Waals surface area contributed by atoms with Crippen LogP contribution < -0.4 is 4.90 Å². The number of aromatic amines is 1. The number of nitrogens with one attached hydrogen (secondary N) is 1. The van der Waals surface area contributed by atoms with E-state index >= 15 is 0 Å². The van der Waals surface area contributed by atoms with Crippen LogP contribution in [-0.4, -0.2) is 68.4 Å². The highest BCUT2D eigenvalue weighted by Crippen LogP contribution is 2.35. The highest BCUT2D eigenvalue weighted by atomic mass is 16.4. The summed E-state index contributed by atoms with van der Waals surface area (Å²) in [5.41, 5.74) is 2.27. The number of rotatable bonds is 5. The number of carbonyl (C=O) groups is 1. The van der Waals surface area contributed by atoms with Crippen molar-refractivity contribution in [3.63, 3.8) is 0 Å². The average Bonchev–Trinajstić information content (AvgIpc) is 3.20. The molecule has 8 nitrogen and oxygen atoms in total. The number of piperidine rings is 1. The van der Waals surface area contributed by atoms with Gasteiger partial charge >= 0.3 is 6.09 Å². The molecule has 3 fully saturated rings. The van der Waals surface area contributed by atoms with Gasteiger partial charge in [-0.1, -0.05) is 32.1 Å². The molecule has 3 aliphatic rings. The SMILES string of the molecule is O=C(O)N(C1CCCCC1)N1CCC(c2[nH]ccc2-c2nccc(N3CCCCCC3)n2)CC1. The van der Waals surface area contributed by atoms with E-state index in [1.165, 1.54) is 37.8 Å². The number of amides is 1. The number of anilines is 1. The molecule has 0 spiro atoms. The van der Waals surface area contributed by atoms with E-state index in [4.69, 9.17) is 4.98 Å². The molecule has 0 unspecified atom stereocenters. The first-order valence-corrected chi connectivity index (χ1v) is 13.2. The molecular weight excluding hydrogens is 428 g/mol. The number of hydrazine groups is 1. The fourth-order valence-electron chi connectivity index (χ4n) is 6.07. The Hall–Kier alpha value is -2.61. The van der Waals surface area contributed by atoms with Crippen LogP contribution in [0.3, 0.4) is 0 Å². The molecule has 2 aromatic rings. The zero-order chi connectivity index (χ0) is 23.3. The highest BCUT2D eigenvalue weighted by Gasteiger charge is 2.34. The van der Waals surface area contributed by atoms with Crippen LogP contribution in [0.15, 0.2) is 24.5 Å². The first-order valence-electron chi connectivity index (χ1n) is 13.2. The van der Waals surface area contributed by atoms with Gasteiger partial charge in [0.15, 0.2) is 5.82 Å². The van der Waals surface area contributed by atoms with Gasteiger partial charge in [0, 0.05) is 55.7 Å². The molecule has 0 bridgehead atoms. The summed E-state index contributed by atoms with van der Waals surface area (Å²) in [5, 5.41) is 13.7. The van der Waals surface area contributed by atoms with E-state index in [9.17, 15) is 9.90 Å². The lowest BCUT2D eigenvalue weighted by Crippen LogP contribution is -2.54. The molecule has 2 aromatic heterocycles. The maximum absolute atomic E-state index is 12.1. The molecule has 184 valence electrons. The van der Waals surface area contributed by atoms with Gasteiger partial charge in [-0.3, -0.25) is 0 Å². The predicted octanol–water partition coefficient (Wildman–Crippen LogP) is 5.26. The van der Waals surface area contributed by atoms with Gasteiger partial charge in [-0.05, 0) is 50.7 Å². The minimum Gasteiger partial charge on any atom is -0.464 e. The molecule has 2 N–H and O–H groups in total. The molecule has 5 rings (SSSR count). The number of aromatic nitrogens is 3. The van der Waals surface area contributed by atoms with Crippen LogP contribution in [0.4, 0.5) is 10.6 Å². The fraction of sp³-hybridized carbons (Fsp3) is 0.654. The Balaban J connectivity index is 1.28. The molecule has 0 atom stereocenters. The minimum absolute atomic E-state index is 0.138. The van der Waals surface area contributed by atoms with Crippen molar-refractivity contribution in [2.45, 2.75) is 82.6 Å². The topological polar surface area (TPSA) is 88.6 Å². The molecule has 1 saturated carbocycles. The van der Waals surface area contributed by atoms with E-state index in [2.05, 4.69) is 25.9 Å². The van der Waals surface area contributed by atoms with Crippen molar-refractivity contribution in [1.82, 2.24) is 25.0 Å². The summed E-state index contributed by atoms with van der Waals surface area (Å²) in [6.07, 6.45) is 15.4. The van der Waals surface area contributed by atoms with Crippen LogP contribution in [0, 0.1) is 0 Å². The van der Waals surface area contributed by atoms with Gasteiger partial charge in [0.2, 0.25) is 0 Å². The molecular formula is C26H38N6O2. The van der Waals surface area contributed by atoms with Crippen LogP contribution >= 0.6 is 0 Å². The standard InChI is InChI=1S/C26H38N6O2/c33-26(34)32(21-8-4-3-5-9-21)31-18-12-20(13-19-31)24-22(10-14-27-24)25-28-15-11-23(29-25)30-16-6-1-2-7-17-30/h10-11,14-15,20-21,27H,1-9,12-13,16-19H2,(H,33,34). The summed E-state index contributed by atoms with van der Waals surface area (Å²) >= 11 is 0. The molecule has 0 aromatic carbocycles. The molecule has 2 aliphatic heterocycles. The Morgan fingerprint density at radius 2 is 1.65 bits per heavy atom. The minimum atomic E-state index is -0.801. The molecule has 1 amide bonds. The van der Waals surface area contributed by atoms with Crippen LogP contribution in [-0.2, 0) is 0 Å². The number of nitrogens with zero attached hydrogens (tertiary/aromatic N) is 5. The van der Waals surface area contributed by atoms with Gasteiger partial charge in [-0.25, -0.2) is 24.8 Å². The van der Waals surface area contributed by atoms with Crippen molar-refractivity contribution >= 4 is 11.9 Å². The monoisotopic (exact) mass is 466 g/mol. The van der Waals surface area contributed by atoms with E-state index < -0.39 is 6.09 Å². The number of hydrogen-bond donors (Lipinski definition) is 2. The van der Waals surface area contributed by atoms with Crippen molar-refractivity contribution in [2.75, 3.05) is 31.1 Å². The Morgan fingerprint density at radius 3 is 2.35 bits per heavy atom. The maximum atomic E-state index is 12.1. The predicted molar refractivity (Wildman–Crippen MR) is 133 cm³/mol. The van der Waals surface area contributed by atoms with Gasteiger partial charge in [0.25, 0.3) is 0 Å². The highest BCUT2D eigenvalue weighted by molar-refractivity contribution is 5.65. The summed E-state index contributed by atoms with van der Waals surface area (Å²) in [5.74, 6) is 2.17. The van der Waals surface area contributed by atoms with Crippen LogP contribution in [0.25, 0.3) is 11.4 Å². The molecule has 2 saturated heterocycles. The third-order valence-corrected chi connectivity index (χ3v) is 7.89. The van der Waals surface area contributed by atoms with Crippen LogP contribution in [0.1, 0.15) is 82.2 Å². The van der Waals surface area contributed by atoms with Gasteiger partial charge < -0.3 is 15.0 Å². The van der Waals surface area contributed by atoms with E-state index in [0.717, 1.165) is 81.9 Å². The van der Waals surface area contributed by atoms with E-state index in [-0.39, 0.29) is 6.04 Å². The Morgan fingerprint density at radius 1 is 0.941 bits per heavy atom. The third kappa shape index (κ3) is 5.06. The summed E-state index contributed by atoms with van der Waals surface area (Å²) in [4.78, 5) is 27.5. The van der Waals surface area contributed by atoms with E-state index in [1.54, 1.807) is 5.01 Å². The first kappa shape index (κ1) is 23.1. The Labute approximate surface area is 202 Å². The van der Waals surface area contributed by atoms with Crippen molar-refractivity contribution in [1.29, 1.82) is 0 Å². The lowest BCUT2D eigenvalue weighted by Gasteiger charge is -2.43. The van der Waals surface area contributed by atoms with E-state index in [1.807, 2.05) is 18.5 Å². The van der Waals surface area contributed by atoms with Crippen molar-refractivity contribution in [3.05, 3.63) is 30.2 Å². The first-order chi connectivity index (χ1) is 16.7. The van der Waals surface area contributed by atoms with Crippen molar-refractivity contribution in [3.8, 4) is 11.4 Å². The lowest BCUT2D eigenvalue weighted by molar-refractivity contribution is -0.0623. The van der Waals surface area contributed by atoms with E-state index in [0.29, 0.717) is 5.92 Å². The van der Waals surface area contributed by atoms with Gasteiger partial charge in [-0.15, -0.1) is 0 Å². The Kier molecular flexibility index (Phi) is 7.33. The molecule has 0 radical (unpaired) electrons. The maximum Gasteiger partial charge on any atom is 0.422 e. The molecule has 4 heterocycles. The number of hydrogen-bond acceptors (Lipinski definition) is 5. The molecule has 34 heavy (non-hydrogen) atoms. The number of carboxylic acid groups (broad SMARTS) is 1. The van der Waals surface area contributed by atoms with Crippen molar-refractivity contribution < 1.29 is 9.90 Å². The molecule has 8 heteroatoms. The smallest absolute Gasteiger partial charge is 0.422 e. The lowest BCUT2D eigenvalue weighted by atomic mass is 9.91. The molecule has 1 aliphatic carbocycles. The van der Waals surface area contributed by atoms with Gasteiger partial charge in [-0.2, -0.15) is 0 Å². The summed E-state index contributed by atoms with van der Waals surface area (Å²) in [6, 6.07) is 4.26. The quantitative estimate of drug-likeness (QED) is 0.625. The summed E-state index contributed by atoms with van der Waals surface area (Å²) in [7, 11) is 0. The Bertz CT molecular complexity index is 940. The van der Waals surface area contributed by atoms with Gasteiger partial charge in [0.1, 0.15) is 5.82 Å². The second kappa shape index (κ2) is 10.8. The van der Waals surface area contributed by atoms with Crippen LogP contribution in [0.5, 0.6) is 0 Å². The zero-order valence-corrected chi connectivity index (χ0v) is 20.2. The van der Waals surface area contributed by atoms with Gasteiger partial charge in [0.05, 0.1) is 6.04 Å². The normalized spacial score (nSPS) is 21.4. The second-order valence-corrected chi connectivity index (χ2v) is 10.1. The second-order valence-electron chi connectivity index (χ2n) is 10.1. The zero-order valence-electron chi connectivity index (χ0n) is 20.2. The fourth-order valence-corrected chi connectivity index (χ4v) is 6.07.